The minimum absolute atomic E-state index is 0.00623. The summed E-state index contributed by atoms with van der Waals surface area (Å²) in [7, 11) is 0. The predicted molar refractivity (Wildman–Crippen MR) is 138 cm³/mol. The van der Waals surface area contributed by atoms with Crippen LogP contribution < -0.4 is 0 Å². The van der Waals surface area contributed by atoms with Crippen LogP contribution in [0.5, 0.6) is 0 Å². The van der Waals surface area contributed by atoms with Crippen molar-refractivity contribution in [3.63, 3.8) is 0 Å². The first-order chi connectivity index (χ1) is 17.6. The molecule has 198 valence electrons. The van der Waals surface area contributed by atoms with E-state index in [0.29, 0.717) is 26.1 Å². The van der Waals surface area contributed by atoms with E-state index in [9.17, 15) is 19.5 Å². The minimum atomic E-state index is -1.29. The van der Waals surface area contributed by atoms with Gasteiger partial charge in [-0.25, -0.2) is 0 Å². The van der Waals surface area contributed by atoms with E-state index >= 15 is 0 Å². The van der Waals surface area contributed by atoms with Crippen LogP contribution in [0, 0.1) is 11.8 Å². The molecule has 4 aliphatic rings. The van der Waals surface area contributed by atoms with E-state index < -0.39 is 34.6 Å². The maximum atomic E-state index is 14.3. The molecule has 1 N–H and O–H groups in total. The molecular formula is C29H37N3O5. The summed E-state index contributed by atoms with van der Waals surface area (Å²) >= 11 is 0. The molecule has 0 bridgehead atoms. The number of β-amino-alcohol motifs (C(OH)–C–C–N with tert-alkyl or cyclic N) is 1. The second-order valence-electron chi connectivity index (χ2n) is 11.5. The number of rotatable bonds is 5. The van der Waals surface area contributed by atoms with E-state index in [1.807, 2.05) is 82.3 Å². The average Bonchev–Trinajstić information content (AvgIpc) is 3.14. The Morgan fingerprint density at radius 1 is 0.973 bits per heavy atom. The van der Waals surface area contributed by atoms with Crippen LogP contribution in [0.4, 0.5) is 0 Å². The molecule has 0 aromatic heterocycles. The summed E-state index contributed by atoms with van der Waals surface area (Å²) in [5.74, 6) is -2.32. The number of fused-ring (bicyclic) bond motifs is 2. The highest BCUT2D eigenvalue weighted by molar-refractivity contribution is 6.00. The first-order valence-corrected chi connectivity index (χ1v) is 13.2. The zero-order valence-electron chi connectivity index (χ0n) is 22.1. The molecule has 4 aliphatic heterocycles. The summed E-state index contributed by atoms with van der Waals surface area (Å²) in [5.41, 5.74) is -1.77. The third kappa shape index (κ3) is 3.84. The van der Waals surface area contributed by atoms with Crippen molar-refractivity contribution < 1.29 is 24.2 Å². The highest BCUT2D eigenvalue weighted by Crippen LogP contribution is 2.58. The molecule has 8 heteroatoms. The SMILES string of the molecule is CC[C@@]12C=CCN(Cc3ccccc3)C(=O)[C@@H]1[C@H]1C(=O)N(CCO)C3C(=O)N(C(C)(C)C)CC=C[C@@]31O2. The number of hydrogen-bond donors (Lipinski definition) is 1. The molecule has 2 fully saturated rings. The van der Waals surface area contributed by atoms with Gasteiger partial charge in [0.15, 0.2) is 0 Å². The van der Waals surface area contributed by atoms with Gasteiger partial charge in [0, 0.05) is 31.7 Å². The van der Waals surface area contributed by atoms with E-state index in [-0.39, 0.29) is 30.9 Å². The lowest BCUT2D eigenvalue weighted by atomic mass is 9.73. The van der Waals surface area contributed by atoms with Gasteiger partial charge in [-0.05, 0) is 32.8 Å². The molecular weight excluding hydrogens is 470 g/mol. The molecule has 1 unspecified atom stereocenters. The zero-order chi connectivity index (χ0) is 26.6. The van der Waals surface area contributed by atoms with Crippen LogP contribution in [0.3, 0.4) is 0 Å². The molecule has 5 atom stereocenters. The van der Waals surface area contributed by atoms with Crippen molar-refractivity contribution in [1.29, 1.82) is 0 Å². The molecule has 4 heterocycles. The van der Waals surface area contributed by atoms with Gasteiger partial charge in [0.2, 0.25) is 17.7 Å². The molecule has 37 heavy (non-hydrogen) atoms. The average molecular weight is 508 g/mol. The summed E-state index contributed by atoms with van der Waals surface area (Å²) in [6, 6.07) is 8.84. The maximum absolute atomic E-state index is 14.3. The molecule has 1 aromatic carbocycles. The van der Waals surface area contributed by atoms with Crippen LogP contribution in [0.25, 0.3) is 0 Å². The van der Waals surface area contributed by atoms with Gasteiger partial charge in [0.05, 0.1) is 24.0 Å². The predicted octanol–water partition coefficient (Wildman–Crippen LogP) is 2.14. The van der Waals surface area contributed by atoms with Crippen molar-refractivity contribution in [2.24, 2.45) is 11.8 Å². The second kappa shape index (κ2) is 9.10. The van der Waals surface area contributed by atoms with Gasteiger partial charge < -0.3 is 24.5 Å². The molecule has 1 spiro atoms. The standard InChI is InChI=1S/C29H37N3O5/c1-5-28-13-9-15-30(19-20-11-7-6-8-12-20)24(34)21(28)22-25(35)31(17-18-33)23-26(36)32(27(2,3)4)16-10-14-29(22,23)37-28/h6-14,21-23,33H,5,15-19H2,1-4H3/t21-,22-,23?,28+,29-/m0/s1. The minimum Gasteiger partial charge on any atom is -0.395 e. The van der Waals surface area contributed by atoms with Crippen LogP contribution in [-0.4, -0.2) is 86.6 Å². The van der Waals surface area contributed by atoms with Crippen molar-refractivity contribution in [2.75, 3.05) is 26.2 Å². The number of aliphatic hydroxyl groups is 1. The summed E-state index contributed by atoms with van der Waals surface area (Å²) in [6.07, 6.45) is 8.14. The van der Waals surface area contributed by atoms with Crippen LogP contribution in [0.2, 0.25) is 0 Å². The largest absolute Gasteiger partial charge is 0.395 e. The van der Waals surface area contributed by atoms with Crippen molar-refractivity contribution in [3.8, 4) is 0 Å². The fourth-order valence-electron chi connectivity index (χ4n) is 6.71. The van der Waals surface area contributed by atoms with Crippen molar-refractivity contribution in [3.05, 3.63) is 60.2 Å². The number of benzene rings is 1. The maximum Gasteiger partial charge on any atom is 0.249 e. The van der Waals surface area contributed by atoms with E-state index in [1.165, 1.54) is 4.90 Å². The molecule has 5 rings (SSSR count). The van der Waals surface area contributed by atoms with E-state index in [2.05, 4.69) is 0 Å². The van der Waals surface area contributed by atoms with E-state index in [4.69, 9.17) is 4.74 Å². The van der Waals surface area contributed by atoms with Gasteiger partial charge in [-0.3, -0.25) is 14.4 Å². The Morgan fingerprint density at radius 2 is 1.68 bits per heavy atom. The molecule has 0 aliphatic carbocycles. The van der Waals surface area contributed by atoms with E-state index in [0.717, 1.165) is 5.56 Å². The van der Waals surface area contributed by atoms with E-state index in [1.54, 1.807) is 9.80 Å². The van der Waals surface area contributed by atoms with Crippen molar-refractivity contribution >= 4 is 17.7 Å². The number of nitrogens with zero attached hydrogens (tertiary/aromatic N) is 3. The lowest BCUT2D eigenvalue weighted by molar-refractivity contribution is -0.157. The normalized spacial score (nSPS) is 33.4. The molecule has 8 nitrogen and oxygen atoms in total. The highest BCUT2D eigenvalue weighted by Gasteiger charge is 2.75. The first-order valence-electron chi connectivity index (χ1n) is 13.2. The third-order valence-electron chi connectivity index (χ3n) is 8.39. The fraction of sp³-hybridized carbons (Fsp3) is 0.552. The lowest BCUT2D eigenvalue weighted by Gasteiger charge is -2.41. The molecule has 3 amide bonds. The monoisotopic (exact) mass is 507 g/mol. The van der Waals surface area contributed by atoms with Gasteiger partial charge in [-0.15, -0.1) is 0 Å². The Hall–Kier alpha value is -2.97. The van der Waals surface area contributed by atoms with Crippen LogP contribution in [0.15, 0.2) is 54.6 Å². The fourth-order valence-corrected chi connectivity index (χ4v) is 6.71. The van der Waals surface area contributed by atoms with Crippen LogP contribution in [0.1, 0.15) is 39.7 Å². The van der Waals surface area contributed by atoms with Gasteiger partial charge in [-0.1, -0.05) is 61.6 Å². The van der Waals surface area contributed by atoms with Crippen molar-refractivity contribution in [2.45, 2.75) is 63.4 Å². The molecule has 1 aromatic rings. The third-order valence-corrected chi connectivity index (χ3v) is 8.39. The lowest BCUT2D eigenvalue weighted by Crippen LogP contribution is -2.59. The van der Waals surface area contributed by atoms with Crippen LogP contribution >= 0.6 is 0 Å². The Balaban J connectivity index is 1.62. The number of amides is 3. The summed E-state index contributed by atoms with van der Waals surface area (Å²) < 4.78 is 6.91. The van der Waals surface area contributed by atoms with Gasteiger partial charge in [0.1, 0.15) is 11.6 Å². The molecule has 0 saturated carbocycles. The van der Waals surface area contributed by atoms with Crippen LogP contribution in [-0.2, 0) is 25.7 Å². The number of carbonyl (C=O) groups is 3. The van der Waals surface area contributed by atoms with Gasteiger partial charge in [0.25, 0.3) is 0 Å². The molecule has 0 radical (unpaired) electrons. The topological polar surface area (TPSA) is 90.4 Å². The summed E-state index contributed by atoms with van der Waals surface area (Å²) in [5, 5.41) is 9.85. The number of hydrogen-bond acceptors (Lipinski definition) is 5. The summed E-state index contributed by atoms with van der Waals surface area (Å²) in [6.45, 7) is 8.78. The first kappa shape index (κ1) is 25.7. The number of aliphatic hydroxyl groups excluding tert-OH is 1. The smallest absolute Gasteiger partial charge is 0.249 e. The zero-order valence-corrected chi connectivity index (χ0v) is 22.1. The second-order valence-corrected chi connectivity index (χ2v) is 11.5. The Kier molecular flexibility index (Phi) is 6.31. The van der Waals surface area contributed by atoms with Gasteiger partial charge in [-0.2, -0.15) is 0 Å². The number of likely N-dealkylation sites (tertiary alicyclic amines) is 1. The van der Waals surface area contributed by atoms with Crippen molar-refractivity contribution in [1.82, 2.24) is 14.7 Å². The highest BCUT2D eigenvalue weighted by atomic mass is 16.5. The Bertz CT molecular complexity index is 1140. The number of carbonyl (C=O) groups excluding carboxylic acids is 3. The number of ether oxygens (including phenoxy) is 1. The van der Waals surface area contributed by atoms with Gasteiger partial charge >= 0.3 is 0 Å². The quantitative estimate of drug-likeness (QED) is 0.617. The Morgan fingerprint density at radius 3 is 2.32 bits per heavy atom. The summed E-state index contributed by atoms with van der Waals surface area (Å²) in [4.78, 5) is 47.5. The Labute approximate surface area is 218 Å². The molecule has 2 saturated heterocycles.